The quantitative estimate of drug-likeness (QED) is 0.0373. The third-order valence-corrected chi connectivity index (χ3v) is 20.1. The first-order chi connectivity index (χ1) is 48.1. The fraction of sp³-hybridized carbons (Fsp3) is 0.385. The number of ether oxygens (including phenoxy) is 2. The normalized spacial score (nSPS) is 23.4. The fourth-order valence-corrected chi connectivity index (χ4v) is 14.9. The third kappa shape index (κ3) is 16.9. The highest BCUT2D eigenvalue weighted by Crippen LogP contribution is 2.48. The molecule has 0 aromatic heterocycles. The number of cyclic esters (lactones) is 2. The number of hydrogen-bond donors (Lipinski definition) is 2. The lowest BCUT2D eigenvalue weighted by atomic mass is 9.70. The van der Waals surface area contributed by atoms with Crippen molar-refractivity contribution in [2.75, 3.05) is 39.4 Å². The number of ketones is 1. The van der Waals surface area contributed by atoms with E-state index in [-0.39, 0.29) is 74.3 Å². The van der Waals surface area contributed by atoms with Crippen molar-refractivity contribution in [2.24, 2.45) is 23.7 Å². The molecule has 5 amide bonds. The number of β-lactam (4-membered cyclic amide) rings is 2. The number of nitrogens with zero attached hydrogens (tertiary/aromatic N) is 4. The van der Waals surface area contributed by atoms with Gasteiger partial charge in [0.15, 0.2) is 0 Å². The van der Waals surface area contributed by atoms with Gasteiger partial charge in [-0.15, -0.1) is 0 Å². The lowest BCUT2D eigenvalue weighted by molar-refractivity contribution is -0.170. The van der Waals surface area contributed by atoms with Crippen LogP contribution in [-0.4, -0.2) is 136 Å². The molecule has 0 radical (unpaired) electrons. The fourth-order valence-electron chi connectivity index (χ4n) is 14.9. The molecule has 6 fully saturated rings. The summed E-state index contributed by atoms with van der Waals surface area (Å²) >= 11 is 0. The molecule has 12 rings (SSSR count). The summed E-state index contributed by atoms with van der Waals surface area (Å²) in [6.45, 7) is 4.33. The van der Waals surface area contributed by atoms with Crippen LogP contribution >= 0.6 is 0 Å². The van der Waals surface area contributed by atoms with E-state index < -0.39 is 113 Å². The van der Waals surface area contributed by atoms with Crippen LogP contribution in [0.1, 0.15) is 115 Å². The summed E-state index contributed by atoms with van der Waals surface area (Å²) in [5, 5.41) is 5.40. The molecule has 0 aliphatic carbocycles. The van der Waals surface area contributed by atoms with Crippen LogP contribution in [0, 0.1) is 23.7 Å². The zero-order chi connectivity index (χ0) is 70.7. The van der Waals surface area contributed by atoms with Crippen LogP contribution in [0.25, 0.3) is 12.2 Å². The van der Waals surface area contributed by atoms with E-state index in [2.05, 4.69) is 15.5 Å². The van der Waals surface area contributed by atoms with Crippen molar-refractivity contribution >= 4 is 59.4 Å². The monoisotopic (exact) mass is 1370 g/mol. The smallest absolute Gasteiger partial charge is 0.416 e. The van der Waals surface area contributed by atoms with Crippen molar-refractivity contribution in [1.29, 1.82) is 0 Å². The summed E-state index contributed by atoms with van der Waals surface area (Å²) < 4.78 is 91.2. The molecule has 6 aromatic carbocycles. The maximum absolute atomic E-state index is 14.5. The Balaban J connectivity index is 0.000000206. The summed E-state index contributed by atoms with van der Waals surface area (Å²) in [7, 11) is 0. The van der Waals surface area contributed by atoms with E-state index in [1.54, 1.807) is 17.1 Å². The van der Waals surface area contributed by atoms with Crippen LogP contribution in [0.4, 0.5) is 26.3 Å². The number of esters is 2. The van der Waals surface area contributed by atoms with E-state index in [0.29, 0.717) is 19.1 Å². The van der Waals surface area contributed by atoms with E-state index >= 15 is 0 Å². The number of halogens is 6. The standard InChI is InChI=1S/C43H47F3N4O5.C35H33F3N2O5/c44-43(45,46)32-16-10-13-30(25-32)27-47-40(52)36(26-37(51)49-23-19-33(20-24-49)48-21-8-3-9-22-48)50-35(18-17-29-11-4-1-5-12-29)39(41(50)53)38-34(28-55-42(38)54)31-14-6-2-7-15-31;1-22(41)15-17-29(32(42)39-20-24-11-8-14-26(19-24)35(36,37)38)40-28(18-16-23-9-4-2-5-10-23)31(33(40)43)30-27(21-45-34(30)44)25-12-6-3-7-13-25/h1-2,4-7,10-18,25,33-36,38-39H,3,8-9,19-24,26-28H2,(H,47,52);2-14,16,18-19,27-31H,15,17,20-21H2,1H3,(H,39,42)/b18-17+;18-16+/t34-,35-,36-,38?,39-;27-,28-,29+,30?,31-/m11/s1. The maximum atomic E-state index is 14.5. The molecule has 524 valence electrons. The minimum atomic E-state index is -4.56. The van der Waals surface area contributed by atoms with Crippen LogP contribution in [0.15, 0.2) is 182 Å². The Morgan fingerprint density at radius 2 is 0.940 bits per heavy atom. The molecule has 2 N–H and O–H groups in total. The van der Waals surface area contributed by atoms with Gasteiger partial charge >= 0.3 is 24.3 Å². The molecule has 6 aliphatic rings. The number of alkyl halides is 6. The van der Waals surface area contributed by atoms with Gasteiger partial charge in [-0.05, 0) is 110 Å². The van der Waals surface area contributed by atoms with Crippen LogP contribution in [0.3, 0.4) is 0 Å². The molecule has 0 saturated carbocycles. The number of likely N-dealkylation sites (tertiary alicyclic amines) is 4. The van der Waals surface area contributed by atoms with Crippen molar-refractivity contribution in [3.05, 3.63) is 227 Å². The summed E-state index contributed by atoms with van der Waals surface area (Å²) in [6, 6.07) is 43.3. The number of hydrogen-bond acceptors (Lipinski definition) is 11. The van der Waals surface area contributed by atoms with E-state index in [1.807, 2.05) is 133 Å². The van der Waals surface area contributed by atoms with Gasteiger partial charge < -0.3 is 44.5 Å². The van der Waals surface area contributed by atoms with Gasteiger partial charge in [-0.25, -0.2) is 0 Å². The van der Waals surface area contributed by atoms with Gasteiger partial charge in [0.05, 0.1) is 66.5 Å². The average molecular weight is 1380 g/mol. The van der Waals surface area contributed by atoms with Gasteiger partial charge in [0.2, 0.25) is 29.5 Å². The van der Waals surface area contributed by atoms with Gasteiger partial charge in [0.1, 0.15) is 17.9 Å². The summed E-state index contributed by atoms with van der Waals surface area (Å²) in [5.74, 6) is -7.66. The second kappa shape index (κ2) is 32.1. The first-order valence-corrected chi connectivity index (χ1v) is 34.1. The first-order valence-electron chi connectivity index (χ1n) is 34.1. The van der Waals surface area contributed by atoms with Gasteiger partial charge in [0, 0.05) is 50.5 Å². The average Bonchev–Trinajstić information content (AvgIpc) is 1.23. The largest absolute Gasteiger partial charge is 0.465 e. The number of nitrogens with one attached hydrogen (secondary N) is 2. The summed E-state index contributed by atoms with van der Waals surface area (Å²) in [4.78, 5) is 116. The molecule has 6 heterocycles. The second-order valence-electron chi connectivity index (χ2n) is 26.4. The predicted octanol–water partition coefficient (Wildman–Crippen LogP) is 11.6. The number of carbonyl (C=O) groups is 8. The van der Waals surface area contributed by atoms with Gasteiger partial charge in [-0.1, -0.05) is 176 Å². The summed E-state index contributed by atoms with van der Waals surface area (Å²) in [6.07, 6.45) is 3.05. The number of benzene rings is 6. The molecule has 10 atom stereocenters. The number of rotatable bonds is 22. The predicted molar refractivity (Wildman–Crippen MR) is 360 cm³/mol. The Bertz CT molecular complexity index is 3940. The van der Waals surface area contributed by atoms with Crippen molar-refractivity contribution in [3.8, 4) is 0 Å². The molecule has 6 aromatic rings. The van der Waals surface area contributed by atoms with Crippen molar-refractivity contribution in [3.63, 3.8) is 0 Å². The van der Waals surface area contributed by atoms with Crippen molar-refractivity contribution in [1.82, 2.24) is 30.2 Å². The van der Waals surface area contributed by atoms with Crippen molar-refractivity contribution in [2.45, 2.75) is 126 Å². The highest BCUT2D eigenvalue weighted by atomic mass is 19.4. The highest BCUT2D eigenvalue weighted by molar-refractivity contribution is 5.99. The Morgan fingerprint density at radius 1 is 0.520 bits per heavy atom. The zero-order valence-electron chi connectivity index (χ0n) is 55.3. The van der Waals surface area contributed by atoms with E-state index in [0.717, 1.165) is 72.5 Å². The molecular formula is C78H80F6N6O10. The molecule has 100 heavy (non-hydrogen) atoms. The maximum Gasteiger partial charge on any atom is 0.416 e. The van der Waals surface area contributed by atoms with Gasteiger partial charge in [-0.3, -0.25) is 33.6 Å². The minimum Gasteiger partial charge on any atom is -0.465 e. The van der Waals surface area contributed by atoms with Crippen LogP contribution in [-0.2, 0) is 73.3 Å². The number of Topliss-reactive ketones (excluding diaryl/α,β-unsaturated/α-hetero) is 1. The SMILES string of the molecule is CC(=O)CC[C@@H](C(=O)NCc1cccc(C(F)(F)F)c1)N1C(=O)[C@@H](C2C(=O)OC[C@@H]2c2ccccc2)[C@H]1/C=C/c1ccccc1.O=C1OC[C@H](c2ccccc2)C1[C@@H]1C(=O)N([C@H](CC(=O)N2CCC(N3CCCCC3)CC2)C(=O)NCc2cccc(C(F)(F)F)c2)[C@@H]1/C=C/c1ccccc1. The summed E-state index contributed by atoms with van der Waals surface area (Å²) in [5.41, 5.74) is 2.17. The van der Waals surface area contributed by atoms with Crippen LogP contribution < -0.4 is 10.6 Å². The molecule has 22 heteroatoms. The van der Waals surface area contributed by atoms with E-state index in [9.17, 15) is 64.7 Å². The van der Waals surface area contributed by atoms with Crippen molar-refractivity contribution < 1.29 is 74.2 Å². The highest BCUT2D eigenvalue weighted by Gasteiger charge is 2.61. The number of amides is 5. The topological polar surface area (TPSA) is 192 Å². The molecular weight excluding hydrogens is 1290 g/mol. The Labute approximate surface area is 576 Å². The molecule has 0 bridgehead atoms. The molecule has 0 spiro atoms. The minimum absolute atomic E-state index is 0.00330. The van der Waals surface area contributed by atoms with Gasteiger partial charge in [0.25, 0.3) is 0 Å². The molecule has 2 unspecified atom stereocenters. The van der Waals surface area contributed by atoms with E-state index in [1.165, 1.54) is 60.3 Å². The van der Waals surface area contributed by atoms with Gasteiger partial charge in [-0.2, -0.15) is 26.3 Å². The number of piperidine rings is 2. The molecule has 6 saturated heterocycles. The lowest BCUT2D eigenvalue weighted by Crippen LogP contribution is -2.69. The zero-order valence-corrected chi connectivity index (χ0v) is 55.3. The lowest BCUT2D eigenvalue weighted by Gasteiger charge is -2.51. The first kappa shape index (κ1) is 71.6. The van der Waals surface area contributed by atoms with Crippen LogP contribution in [0.5, 0.6) is 0 Å². The second-order valence-corrected chi connectivity index (χ2v) is 26.4. The Hall–Kier alpha value is -9.70. The Morgan fingerprint density at radius 3 is 1.37 bits per heavy atom. The van der Waals surface area contributed by atoms with Crippen LogP contribution in [0.2, 0.25) is 0 Å². The van der Waals surface area contributed by atoms with E-state index in [4.69, 9.17) is 9.47 Å². The number of carbonyl (C=O) groups excluding carboxylic acids is 8. The molecule has 16 nitrogen and oxygen atoms in total. The Kier molecular flexibility index (Phi) is 23.0. The molecule has 6 aliphatic heterocycles. The third-order valence-electron chi connectivity index (χ3n) is 20.1.